The Kier molecular flexibility index (Phi) is 6.42. The van der Waals surface area contributed by atoms with Gasteiger partial charge in [0.1, 0.15) is 0 Å². The molecule has 0 spiro atoms. The number of esters is 1. The number of rotatable bonds is 5. The summed E-state index contributed by atoms with van der Waals surface area (Å²) < 4.78 is 49.1. The molecule has 1 N–H and O–H groups in total. The number of aliphatic hydroxyl groups is 1. The van der Waals surface area contributed by atoms with Gasteiger partial charge in [0.15, 0.2) is 0 Å². The van der Waals surface area contributed by atoms with Crippen LogP contribution in [0.15, 0.2) is 24.3 Å². The van der Waals surface area contributed by atoms with Crippen molar-refractivity contribution in [2.45, 2.75) is 38.7 Å². The Balaban J connectivity index is 3.17. The van der Waals surface area contributed by atoms with Crippen LogP contribution >= 0.6 is 0 Å². The molecule has 1 aromatic carbocycles. The number of halogens is 3. The smallest absolute Gasteiger partial charge is 0.432 e. The first-order chi connectivity index (χ1) is 11.4. The lowest BCUT2D eigenvalue weighted by molar-refractivity contribution is -0.267. The van der Waals surface area contributed by atoms with Gasteiger partial charge in [0.05, 0.1) is 12.7 Å². The third-order valence-electron chi connectivity index (χ3n) is 3.26. The number of anilines is 1. The van der Waals surface area contributed by atoms with Gasteiger partial charge >= 0.3 is 18.2 Å². The van der Waals surface area contributed by atoms with E-state index in [9.17, 15) is 27.9 Å². The Morgan fingerprint density at radius 1 is 1.20 bits per heavy atom. The average Bonchev–Trinajstić information content (AvgIpc) is 2.52. The maximum Gasteiger partial charge on any atom is 0.432 e. The zero-order chi connectivity index (χ0) is 19.4. The average molecular weight is 363 g/mol. The number of alkyl halides is 3. The van der Waals surface area contributed by atoms with E-state index in [1.807, 2.05) is 0 Å². The summed E-state index contributed by atoms with van der Waals surface area (Å²) in [5, 5.41) is 9.97. The molecule has 0 aromatic heterocycles. The Morgan fingerprint density at radius 3 is 2.12 bits per heavy atom. The monoisotopic (exact) mass is 363 g/mol. The van der Waals surface area contributed by atoms with E-state index in [4.69, 9.17) is 4.74 Å². The van der Waals surface area contributed by atoms with E-state index in [0.717, 1.165) is 29.2 Å². The maximum absolute atomic E-state index is 13.3. The van der Waals surface area contributed by atoms with Crippen LogP contribution < -0.4 is 4.90 Å². The normalized spacial score (nSPS) is 14.0. The van der Waals surface area contributed by atoms with Crippen LogP contribution in [0.4, 0.5) is 23.7 Å². The van der Waals surface area contributed by atoms with E-state index in [0.29, 0.717) is 0 Å². The van der Waals surface area contributed by atoms with Crippen molar-refractivity contribution in [1.82, 2.24) is 0 Å². The van der Waals surface area contributed by atoms with Crippen molar-refractivity contribution >= 4 is 17.7 Å². The third kappa shape index (κ3) is 4.41. The molecule has 0 aliphatic rings. The zero-order valence-corrected chi connectivity index (χ0v) is 14.3. The topological polar surface area (TPSA) is 76.1 Å². The third-order valence-corrected chi connectivity index (χ3v) is 3.26. The summed E-state index contributed by atoms with van der Waals surface area (Å²) in [4.78, 5) is 24.6. The maximum atomic E-state index is 13.3. The molecule has 1 rings (SSSR count). The van der Waals surface area contributed by atoms with E-state index in [-0.39, 0.29) is 18.4 Å². The molecule has 140 valence electrons. The highest BCUT2D eigenvalue weighted by Gasteiger charge is 2.62. The van der Waals surface area contributed by atoms with Crippen LogP contribution in [0.3, 0.4) is 0 Å². The molecule has 0 aliphatic carbocycles. The number of carbonyl (C=O) groups is 2. The van der Waals surface area contributed by atoms with Gasteiger partial charge in [0.2, 0.25) is 0 Å². The van der Waals surface area contributed by atoms with Crippen LogP contribution in [0.1, 0.15) is 26.3 Å². The second kappa shape index (κ2) is 7.73. The minimum absolute atomic E-state index is 0.225. The van der Waals surface area contributed by atoms with Crippen LogP contribution in [0.2, 0.25) is 0 Å². The number of benzene rings is 1. The van der Waals surface area contributed by atoms with Crippen LogP contribution in [0.25, 0.3) is 0 Å². The molecule has 25 heavy (non-hydrogen) atoms. The van der Waals surface area contributed by atoms with Crippen molar-refractivity contribution in [3.8, 4) is 0 Å². The number of ether oxygens (including phenoxy) is 2. The molecule has 0 bridgehead atoms. The van der Waals surface area contributed by atoms with Gasteiger partial charge in [-0.25, -0.2) is 9.59 Å². The van der Waals surface area contributed by atoms with Crippen LogP contribution in [0, 0.1) is 0 Å². The van der Waals surface area contributed by atoms with Gasteiger partial charge in [0.25, 0.3) is 5.60 Å². The highest BCUT2D eigenvalue weighted by molar-refractivity contribution is 5.87. The summed E-state index contributed by atoms with van der Waals surface area (Å²) in [6, 6.07) is 4.12. The van der Waals surface area contributed by atoms with Crippen molar-refractivity contribution in [3.63, 3.8) is 0 Å². The van der Waals surface area contributed by atoms with Crippen molar-refractivity contribution in [2.24, 2.45) is 0 Å². The van der Waals surface area contributed by atoms with Gasteiger partial charge in [-0.2, -0.15) is 13.2 Å². The lowest BCUT2D eigenvalue weighted by Crippen LogP contribution is -2.50. The van der Waals surface area contributed by atoms with Gasteiger partial charge in [-0.05, 0) is 32.9 Å². The van der Waals surface area contributed by atoms with Crippen molar-refractivity contribution in [3.05, 3.63) is 29.8 Å². The second-order valence-electron chi connectivity index (χ2n) is 5.47. The Bertz CT molecular complexity index is 615. The molecule has 0 unspecified atom stereocenters. The SMILES string of the molecule is CCOC(=O)[C@@](O)(c1ccc(N(C)C(=O)OC(C)C)cc1)C(F)(F)F. The molecule has 0 saturated heterocycles. The van der Waals surface area contributed by atoms with Crippen molar-refractivity contribution in [2.75, 3.05) is 18.6 Å². The fraction of sp³-hybridized carbons (Fsp3) is 0.500. The fourth-order valence-electron chi connectivity index (χ4n) is 1.95. The van der Waals surface area contributed by atoms with Crippen LogP contribution in [-0.2, 0) is 19.9 Å². The predicted octanol–water partition coefficient (Wildman–Crippen LogP) is 2.98. The first-order valence-electron chi connectivity index (χ1n) is 7.46. The molecule has 1 aromatic rings. The van der Waals surface area contributed by atoms with Gasteiger partial charge < -0.3 is 14.6 Å². The second-order valence-corrected chi connectivity index (χ2v) is 5.47. The molecule has 1 atom stereocenters. The highest BCUT2D eigenvalue weighted by Crippen LogP contribution is 2.40. The Labute approximate surface area is 143 Å². The molecule has 1 amide bonds. The van der Waals surface area contributed by atoms with Crippen LogP contribution in [-0.4, -0.2) is 43.1 Å². The summed E-state index contributed by atoms with van der Waals surface area (Å²) >= 11 is 0. The first-order valence-corrected chi connectivity index (χ1v) is 7.46. The minimum atomic E-state index is -5.27. The lowest BCUT2D eigenvalue weighted by atomic mass is 9.93. The highest BCUT2D eigenvalue weighted by atomic mass is 19.4. The number of carbonyl (C=O) groups excluding carboxylic acids is 2. The number of hydrogen-bond acceptors (Lipinski definition) is 5. The largest absolute Gasteiger partial charge is 0.463 e. The molecule has 0 radical (unpaired) electrons. The van der Waals surface area contributed by atoms with Gasteiger partial charge in [-0.3, -0.25) is 4.90 Å². The molecule has 6 nitrogen and oxygen atoms in total. The first kappa shape index (κ1) is 20.8. The van der Waals surface area contributed by atoms with Crippen LogP contribution in [0.5, 0.6) is 0 Å². The molecule has 0 heterocycles. The Hall–Kier alpha value is -2.29. The molecule has 0 aliphatic heterocycles. The summed E-state index contributed by atoms with van der Waals surface area (Å²) in [5.41, 5.74) is -4.28. The molecular weight excluding hydrogens is 343 g/mol. The summed E-state index contributed by atoms with van der Waals surface area (Å²) in [6.07, 6.45) is -6.34. The molecule has 9 heteroatoms. The molecule has 0 fully saturated rings. The van der Waals surface area contributed by atoms with Crippen molar-refractivity contribution < 1.29 is 37.3 Å². The quantitative estimate of drug-likeness (QED) is 0.814. The summed E-state index contributed by atoms with van der Waals surface area (Å²) in [6.45, 7) is 4.31. The summed E-state index contributed by atoms with van der Waals surface area (Å²) in [5.74, 6) is -1.82. The zero-order valence-electron chi connectivity index (χ0n) is 14.3. The van der Waals surface area contributed by atoms with E-state index >= 15 is 0 Å². The predicted molar refractivity (Wildman–Crippen MR) is 83.0 cm³/mol. The lowest BCUT2D eigenvalue weighted by Gasteiger charge is -2.29. The van der Waals surface area contributed by atoms with E-state index < -0.39 is 29.4 Å². The van der Waals surface area contributed by atoms with Gasteiger partial charge in [-0.1, -0.05) is 12.1 Å². The van der Waals surface area contributed by atoms with Gasteiger partial charge in [0, 0.05) is 18.3 Å². The van der Waals surface area contributed by atoms with E-state index in [2.05, 4.69) is 4.74 Å². The standard InChI is InChI=1S/C16H20F3NO5/c1-5-24-13(21)15(23,16(17,18)19)11-6-8-12(9-7-11)20(4)14(22)25-10(2)3/h6-10,23H,5H2,1-4H3/t15-/m0/s1. The van der Waals surface area contributed by atoms with Gasteiger partial charge in [-0.15, -0.1) is 0 Å². The number of nitrogens with zero attached hydrogens (tertiary/aromatic N) is 1. The number of amides is 1. The fourth-order valence-corrected chi connectivity index (χ4v) is 1.95. The Morgan fingerprint density at radius 2 is 1.72 bits per heavy atom. The molecule has 0 saturated carbocycles. The van der Waals surface area contributed by atoms with E-state index in [1.54, 1.807) is 13.8 Å². The number of hydrogen-bond donors (Lipinski definition) is 1. The molecular formula is C16H20F3NO5. The minimum Gasteiger partial charge on any atom is -0.463 e. The van der Waals surface area contributed by atoms with Crippen molar-refractivity contribution in [1.29, 1.82) is 0 Å². The summed E-state index contributed by atoms with van der Waals surface area (Å²) in [7, 11) is 1.38. The van der Waals surface area contributed by atoms with E-state index in [1.165, 1.54) is 14.0 Å².